The lowest BCUT2D eigenvalue weighted by molar-refractivity contribution is -0.117. The van der Waals surface area contributed by atoms with Crippen molar-refractivity contribution in [3.05, 3.63) is 28.8 Å². The summed E-state index contributed by atoms with van der Waals surface area (Å²) in [7, 11) is 0. The first-order valence-electron chi connectivity index (χ1n) is 7.26. The van der Waals surface area contributed by atoms with Crippen LogP contribution in [0.15, 0.2) is 18.2 Å². The molecule has 1 saturated heterocycles. The van der Waals surface area contributed by atoms with Gasteiger partial charge in [0.2, 0.25) is 5.91 Å². The van der Waals surface area contributed by atoms with Gasteiger partial charge >= 0.3 is 0 Å². The molecule has 3 rings (SSSR count). The highest BCUT2D eigenvalue weighted by molar-refractivity contribution is 6.31. The summed E-state index contributed by atoms with van der Waals surface area (Å²) in [6.07, 6.45) is 2.46. The third-order valence-corrected chi connectivity index (χ3v) is 4.54. The number of carbonyl (C=O) groups is 1. The first-order valence-corrected chi connectivity index (χ1v) is 7.64. The van der Waals surface area contributed by atoms with Gasteiger partial charge in [-0.25, -0.2) is 0 Å². The molecule has 1 aromatic rings. The molecule has 1 fully saturated rings. The molecule has 2 aliphatic rings. The van der Waals surface area contributed by atoms with E-state index >= 15 is 0 Å². The van der Waals surface area contributed by atoms with E-state index in [4.69, 9.17) is 11.6 Å². The van der Waals surface area contributed by atoms with Gasteiger partial charge in [0.1, 0.15) is 6.04 Å². The van der Waals surface area contributed by atoms with Crippen LogP contribution in [0, 0.1) is 0 Å². The van der Waals surface area contributed by atoms with Gasteiger partial charge in [0.05, 0.1) is 0 Å². The largest absolute Gasteiger partial charge is 0.324 e. The zero-order chi connectivity index (χ0) is 14.1. The van der Waals surface area contributed by atoms with Crippen LogP contribution in [-0.4, -0.2) is 36.5 Å². The van der Waals surface area contributed by atoms with Crippen molar-refractivity contribution < 1.29 is 4.79 Å². The molecule has 1 amide bonds. The quantitative estimate of drug-likeness (QED) is 0.896. The molecule has 2 atom stereocenters. The fourth-order valence-corrected chi connectivity index (χ4v) is 3.41. The predicted molar refractivity (Wildman–Crippen MR) is 81.1 cm³/mol. The maximum Gasteiger partial charge on any atom is 0.246 e. The molecule has 0 aliphatic carbocycles. The van der Waals surface area contributed by atoms with E-state index in [-0.39, 0.29) is 11.9 Å². The van der Waals surface area contributed by atoms with Crippen LogP contribution in [0.5, 0.6) is 0 Å². The second-order valence-electron chi connectivity index (χ2n) is 5.49. The van der Waals surface area contributed by atoms with E-state index in [0.717, 1.165) is 24.3 Å². The van der Waals surface area contributed by atoms with Gasteiger partial charge < -0.3 is 10.6 Å². The number of hydrogen-bond acceptors (Lipinski definition) is 3. The second-order valence-corrected chi connectivity index (χ2v) is 5.92. The molecule has 2 aliphatic heterocycles. The van der Waals surface area contributed by atoms with Crippen LogP contribution in [0.3, 0.4) is 0 Å². The minimum absolute atomic E-state index is 0.0170. The SMILES string of the molecule is CCN1CCCC1CNC1C(=O)Nc2ccc(Cl)cc21. The number of benzene rings is 1. The molecule has 0 saturated carbocycles. The summed E-state index contributed by atoms with van der Waals surface area (Å²) in [5.41, 5.74) is 1.83. The molecule has 20 heavy (non-hydrogen) atoms. The number of anilines is 1. The normalized spacial score (nSPS) is 25.8. The smallest absolute Gasteiger partial charge is 0.246 e. The fraction of sp³-hybridized carbons (Fsp3) is 0.533. The first kappa shape index (κ1) is 13.9. The number of rotatable bonds is 4. The van der Waals surface area contributed by atoms with Gasteiger partial charge in [-0.05, 0) is 44.1 Å². The summed E-state index contributed by atoms with van der Waals surface area (Å²) < 4.78 is 0. The molecule has 108 valence electrons. The summed E-state index contributed by atoms with van der Waals surface area (Å²) in [4.78, 5) is 14.5. The van der Waals surface area contributed by atoms with Crippen LogP contribution >= 0.6 is 11.6 Å². The van der Waals surface area contributed by atoms with Crippen molar-refractivity contribution in [3.63, 3.8) is 0 Å². The third kappa shape index (κ3) is 2.55. The molecule has 1 aromatic carbocycles. The van der Waals surface area contributed by atoms with E-state index in [2.05, 4.69) is 22.5 Å². The van der Waals surface area contributed by atoms with Crippen molar-refractivity contribution in [2.24, 2.45) is 0 Å². The zero-order valence-corrected chi connectivity index (χ0v) is 12.4. The van der Waals surface area contributed by atoms with Crippen LogP contribution < -0.4 is 10.6 Å². The number of nitrogens with one attached hydrogen (secondary N) is 2. The number of hydrogen-bond donors (Lipinski definition) is 2. The van der Waals surface area contributed by atoms with Crippen LogP contribution in [0.2, 0.25) is 5.02 Å². The molecule has 0 bridgehead atoms. The van der Waals surface area contributed by atoms with Gasteiger partial charge in [-0.3, -0.25) is 9.69 Å². The second kappa shape index (κ2) is 5.72. The fourth-order valence-electron chi connectivity index (χ4n) is 3.23. The highest BCUT2D eigenvalue weighted by atomic mass is 35.5. The van der Waals surface area contributed by atoms with Crippen LogP contribution in [0.25, 0.3) is 0 Å². The lowest BCUT2D eigenvalue weighted by atomic mass is 10.1. The summed E-state index contributed by atoms with van der Waals surface area (Å²) in [5, 5.41) is 6.98. The topological polar surface area (TPSA) is 44.4 Å². The standard InChI is InChI=1S/C15H20ClN3O/c1-2-19-7-3-4-11(19)9-17-14-12-8-10(16)5-6-13(12)18-15(14)20/h5-6,8,11,14,17H,2-4,7,9H2,1H3,(H,18,20). The number of likely N-dealkylation sites (N-methyl/N-ethyl adjacent to an activating group) is 1. The minimum atomic E-state index is -0.275. The van der Waals surface area contributed by atoms with Gasteiger partial charge in [0.25, 0.3) is 0 Å². The third-order valence-electron chi connectivity index (χ3n) is 4.31. The number of halogens is 1. The number of likely N-dealkylation sites (tertiary alicyclic amines) is 1. The van der Waals surface area contributed by atoms with Crippen molar-refractivity contribution in [3.8, 4) is 0 Å². The molecule has 2 N–H and O–H groups in total. The molecule has 0 radical (unpaired) electrons. The molecule has 5 heteroatoms. The molecule has 4 nitrogen and oxygen atoms in total. The summed E-state index contributed by atoms with van der Waals surface area (Å²) >= 11 is 6.03. The summed E-state index contributed by atoms with van der Waals surface area (Å²) in [6, 6.07) is 5.81. The highest BCUT2D eigenvalue weighted by Crippen LogP contribution is 2.33. The highest BCUT2D eigenvalue weighted by Gasteiger charge is 2.32. The summed E-state index contributed by atoms with van der Waals surface area (Å²) in [5.74, 6) is 0.0170. The Morgan fingerprint density at radius 1 is 1.50 bits per heavy atom. The van der Waals surface area contributed by atoms with Gasteiger partial charge in [-0.1, -0.05) is 18.5 Å². The van der Waals surface area contributed by atoms with E-state index in [0.29, 0.717) is 11.1 Å². The van der Waals surface area contributed by atoms with Crippen molar-refractivity contribution in [2.75, 3.05) is 25.0 Å². The van der Waals surface area contributed by atoms with Gasteiger partial charge in [-0.15, -0.1) is 0 Å². The van der Waals surface area contributed by atoms with Gasteiger partial charge in [0, 0.05) is 28.9 Å². The van der Waals surface area contributed by atoms with E-state index in [1.807, 2.05) is 12.1 Å². The number of amides is 1. The number of nitrogens with zero attached hydrogens (tertiary/aromatic N) is 1. The van der Waals surface area contributed by atoms with Gasteiger partial charge in [-0.2, -0.15) is 0 Å². The molecular weight excluding hydrogens is 274 g/mol. The Balaban J connectivity index is 1.69. The molecule has 2 heterocycles. The van der Waals surface area contributed by atoms with Crippen LogP contribution in [0.4, 0.5) is 5.69 Å². The van der Waals surface area contributed by atoms with E-state index < -0.39 is 0 Å². The Morgan fingerprint density at radius 2 is 2.35 bits per heavy atom. The number of carbonyl (C=O) groups excluding carboxylic acids is 1. The average molecular weight is 294 g/mol. The van der Waals surface area contributed by atoms with E-state index in [1.165, 1.54) is 19.4 Å². The number of fused-ring (bicyclic) bond motifs is 1. The van der Waals surface area contributed by atoms with Crippen LogP contribution in [0.1, 0.15) is 31.4 Å². The van der Waals surface area contributed by atoms with E-state index in [9.17, 15) is 4.79 Å². The molecule has 0 aromatic heterocycles. The average Bonchev–Trinajstić information content (AvgIpc) is 3.00. The maximum absolute atomic E-state index is 12.1. The minimum Gasteiger partial charge on any atom is -0.324 e. The lowest BCUT2D eigenvalue weighted by Gasteiger charge is -2.24. The lowest BCUT2D eigenvalue weighted by Crippen LogP contribution is -2.40. The van der Waals surface area contributed by atoms with Crippen molar-refractivity contribution >= 4 is 23.2 Å². The van der Waals surface area contributed by atoms with Crippen molar-refractivity contribution in [2.45, 2.75) is 31.8 Å². The molecule has 0 spiro atoms. The van der Waals surface area contributed by atoms with Crippen molar-refractivity contribution in [1.29, 1.82) is 0 Å². The van der Waals surface area contributed by atoms with Gasteiger partial charge in [0.15, 0.2) is 0 Å². The monoisotopic (exact) mass is 293 g/mol. The first-order chi connectivity index (χ1) is 9.69. The molecular formula is C15H20ClN3O. The van der Waals surface area contributed by atoms with E-state index in [1.54, 1.807) is 6.07 Å². The Labute approximate surface area is 124 Å². The van der Waals surface area contributed by atoms with Crippen LogP contribution in [-0.2, 0) is 4.79 Å². The Hall–Kier alpha value is -1.10. The predicted octanol–water partition coefficient (Wildman–Crippen LogP) is 2.41. The Morgan fingerprint density at radius 3 is 3.15 bits per heavy atom. The summed E-state index contributed by atoms with van der Waals surface area (Å²) in [6.45, 7) is 5.28. The maximum atomic E-state index is 12.1. The molecule has 2 unspecified atom stereocenters. The van der Waals surface area contributed by atoms with Crippen molar-refractivity contribution in [1.82, 2.24) is 10.2 Å². The zero-order valence-electron chi connectivity index (χ0n) is 11.7. The Kier molecular flexibility index (Phi) is 3.96. The Bertz CT molecular complexity index is 520.